The van der Waals surface area contributed by atoms with Crippen molar-refractivity contribution >= 4 is 24.4 Å². The predicted octanol–water partition coefficient (Wildman–Crippen LogP) is 6.39. The molecule has 5 nitrogen and oxygen atoms in total. The third-order valence-corrected chi connectivity index (χ3v) is 7.84. The zero-order valence-corrected chi connectivity index (χ0v) is 22.8. The van der Waals surface area contributed by atoms with E-state index in [1.54, 1.807) is 18.2 Å². The van der Waals surface area contributed by atoms with Crippen LogP contribution in [0.2, 0.25) is 0 Å². The van der Waals surface area contributed by atoms with Gasteiger partial charge in [0.1, 0.15) is 5.82 Å². The fourth-order valence-corrected chi connectivity index (χ4v) is 5.64. The van der Waals surface area contributed by atoms with Crippen molar-refractivity contribution in [3.63, 3.8) is 0 Å². The molecular formula is C31H37ClFN3O2. The Kier molecular flexibility index (Phi) is 9.75. The topological polar surface area (TPSA) is 58.4 Å². The quantitative estimate of drug-likeness (QED) is 0.355. The third kappa shape index (κ3) is 7.55. The summed E-state index contributed by atoms with van der Waals surface area (Å²) >= 11 is 0. The van der Waals surface area contributed by atoms with Gasteiger partial charge in [-0.3, -0.25) is 4.79 Å². The average Bonchev–Trinajstić information content (AvgIpc) is 3.23. The van der Waals surface area contributed by atoms with Crippen LogP contribution in [0.4, 0.5) is 4.39 Å². The van der Waals surface area contributed by atoms with Gasteiger partial charge >= 0.3 is 0 Å². The predicted molar refractivity (Wildman–Crippen MR) is 152 cm³/mol. The van der Waals surface area contributed by atoms with Crippen molar-refractivity contribution in [1.82, 2.24) is 15.4 Å². The fourth-order valence-electron chi connectivity index (χ4n) is 5.64. The van der Waals surface area contributed by atoms with Crippen molar-refractivity contribution in [2.75, 3.05) is 19.6 Å². The maximum absolute atomic E-state index is 13.3. The van der Waals surface area contributed by atoms with E-state index >= 15 is 0 Å². The van der Waals surface area contributed by atoms with E-state index < -0.39 is 0 Å². The summed E-state index contributed by atoms with van der Waals surface area (Å²) in [5.41, 5.74) is 5.59. The SMILES string of the molecule is Cc1cc(-c2ccc3c(c2)CCN(CCC2CCC(NC(=O)/C=C/c4cccc(F)c4)CC2)CC3)on1.Cl. The van der Waals surface area contributed by atoms with Crippen molar-refractivity contribution < 1.29 is 13.7 Å². The Morgan fingerprint density at radius 2 is 1.87 bits per heavy atom. The average molecular weight is 538 g/mol. The Hall–Kier alpha value is -2.96. The van der Waals surface area contributed by atoms with Gasteiger partial charge < -0.3 is 14.7 Å². The van der Waals surface area contributed by atoms with Gasteiger partial charge in [-0.15, -0.1) is 12.4 Å². The molecule has 1 aliphatic carbocycles. The van der Waals surface area contributed by atoms with Crippen LogP contribution in [-0.2, 0) is 17.6 Å². The van der Waals surface area contributed by atoms with Gasteiger partial charge in [0.05, 0.1) is 5.69 Å². The van der Waals surface area contributed by atoms with Gasteiger partial charge in [-0.05, 0) is 105 Å². The molecule has 38 heavy (non-hydrogen) atoms. The molecule has 202 valence electrons. The molecule has 0 spiro atoms. The molecule has 0 bridgehead atoms. The molecule has 1 saturated carbocycles. The van der Waals surface area contributed by atoms with Gasteiger partial charge in [0.15, 0.2) is 5.76 Å². The number of rotatable bonds is 7. The van der Waals surface area contributed by atoms with Gasteiger partial charge in [0.2, 0.25) is 5.91 Å². The van der Waals surface area contributed by atoms with Gasteiger partial charge in [0.25, 0.3) is 0 Å². The summed E-state index contributed by atoms with van der Waals surface area (Å²) in [4.78, 5) is 14.9. The zero-order chi connectivity index (χ0) is 25.6. The Labute approximate surface area is 230 Å². The molecule has 5 rings (SSSR count). The number of carbonyl (C=O) groups excluding carboxylic acids is 1. The molecule has 0 atom stereocenters. The molecule has 7 heteroatoms. The smallest absolute Gasteiger partial charge is 0.244 e. The second-order valence-corrected chi connectivity index (χ2v) is 10.6. The highest BCUT2D eigenvalue weighted by Gasteiger charge is 2.23. The second-order valence-electron chi connectivity index (χ2n) is 10.6. The minimum atomic E-state index is -0.294. The number of hydrogen-bond acceptors (Lipinski definition) is 4. The molecule has 3 aromatic rings. The summed E-state index contributed by atoms with van der Waals surface area (Å²) in [7, 11) is 0. The summed E-state index contributed by atoms with van der Waals surface area (Å²) in [6, 6.07) is 15.2. The lowest BCUT2D eigenvalue weighted by Gasteiger charge is -2.30. The van der Waals surface area contributed by atoms with E-state index in [0.29, 0.717) is 5.56 Å². The van der Waals surface area contributed by atoms with E-state index in [0.717, 1.165) is 81.1 Å². The minimum Gasteiger partial charge on any atom is -0.356 e. The van der Waals surface area contributed by atoms with E-state index in [1.807, 2.05) is 13.0 Å². The lowest BCUT2D eigenvalue weighted by molar-refractivity contribution is -0.117. The largest absolute Gasteiger partial charge is 0.356 e. The molecule has 2 heterocycles. The number of carbonyl (C=O) groups is 1. The first kappa shape index (κ1) is 28.1. The van der Waals surface area contributed by atoms with Crippen LogP contribution in [0.3, 0.4) is 0 Å². The molecule has 1 fully saturated rings. The van der Waals surface area contributed by atoms with Crippen LogP contribution in [0.15, 0.2) is 59.1 Å². The maximum atomic E-state index is 13.3. The molecule has 1 amide bonds. The standard InChI is InChI=1S/C31H36FN3O2.ClH/c1-22-19-30(37-34-22)27-9-8-25-14-17-35(18-15-26(25)21-27)16-13-23-5-10-29(11-6-23)33-31(36)12-7-24-3-2-4-28(32)20-24;/h2-4,7-9,12,19-21,23,29H,5-6,10-11,13-18H2,1H3,(H,33,36);1H/b12-7+;. The molecule has 0 radical (unpaired) electrons. The van der Waals surface area contributed by atoms with E-state index in [1.165, 1.54) is 35.8 Å². The highest BCUT2D eigenvalue weighted by atomic mass is 35.5. The van der Waals surface area contributed by atoms with Crippen LogP contribution in [0.5, 0.6) is 0 Å². The number of hydrogen-bond donors (Lipinski definition) is 1. The first-order valence-corrected chi connectivity index (χ1v) is 13.5. The van der Waals surface area contributed by atoms with Crippen LogP contribution in [0, 0.1) is 18.7 Å². The molecule has 2 aromatic carbocycles. The van der Waals surface area contributed by atoms with Gasteiger partial charge in [-0.1, -0.05) is 29.4 Å². The van der Waals surface area contributed by atoms with Crippen LogP contribution in [0.25, 0.3) is 17.4 Å². The molecule has 1 aromatic heterocycles. The highest BCUT2D eigenvalue weighted by molar-refractivity contribution is 5.91. The number of aromatic nitrogens is 1. The first-order valence-electron chi connectivity index (χ1n) is 13.5. The first-order chi connectivity index (χ1) is 18.0. The maximum Gasteiger partial charge on any atom is 0.244 e. The number of amides is 1. The summed E-state index contributed by atoms with van der Waals surface area (Å²) in [5.74, 6) is 1.18. The summed E-state index contributed by atoms with van der Waals surface area (Å²) in [6.45, 7) is 5.29. The van der Waals surface area contributed by atoms with Gasteiger partial charge in [-0.25, -0.2) is 4.39 Å². The van der Waals surface area contributed by atoms with Crippen molar-refractivity contribution in [1.29, 1.82) is 0 Å². The summed E-state index contributed by atoms with van der Waals surface area (Å²) in [5, 5.41) is 7.15. The molecule has 0 saturated heterocycles. The second kappa shape index (κ2) is 13.2. The highest BCUT2D eigenvalue weighted by Crippen LogP contribution is 2.29. The fraction of sp³-hybridized carbons (Fsp3) is 0.419. The molecule has 1 N–H and O–H groups in total. The van der Waals surface area contributed by atoms with Crippen molar-refractivity contribution in [2.24, 2.45) is 5.92 Å². The number of fused-ring (bicyclic) bond motifs is 1. The Bertz CT molecular complexity index is 1250. The van der Waals surface area contributed by atoms with Crippen LogP contribution in [-0.4, -0.2) is 41.6 Å². The normalized spacial score (nSPS) is 19.9. The van der Waals surface area contributed by atoms with Crippen LogP contribution < -0.4 is 5.32 Å². The minimum absolute atomic E-state index is 0. The molecule has 0 unspecified atom stereocenters. The molecule has 1 aliphatic heterocycles. The monoisotopic (exact) mass is 537 g/mol. The molecule has 2 aliphatic rings. The Morgan fingerprint density at radius 1 is 1.08 bits per heavy atom. The number of aryl methyl sites for hydroxylation is 1. The zero-order valence-electron chi connectivity index (χ0n) is 22.0. The number of nitrogens with one attached hydrogen (secondary N) is 1. The molecular weight excluding hydrogens is 501 g/mol. The number of nitrogens with zero attached hydrogens (tertiary/aromatic N) is 2. The third-order valence-electron chi connectivity index (χ3n) is 7.84. The van der Waals surface area contributed by atoms with Crippen molar-refractivity contribution in [3.8, 4) is 11.3 Å². The van der Waals surface area contributed by atoms with Gasteiger partial charge in [-0.2, -0.15) is 0 Å². The van der Waals surface area contributed by atoms with Crippen molar-refractivity contribution in [3.05, 3.63) is 82.8 Å². The summed E-state index contributed by atoms with van der Waals surface area (Å²) < 4.78 is 18.8. The van der Waals surface area contributed by atoms with E-state index in [4.69, 9.17) is 4.52 Å². The van der Waals surface area contributed by atoms with Crippen LogP contribution >= 0.6 is 12.4 Å². The Morgan fingerprint density at radius 3 is 2.61 bits per heavy atom. The van der Waals surface area contributed by atoms with E-state index in [9.17, 15) is 9.18 Å². The van der Waals surface area contributed by atoms with Crippen LogP contribution in [0.1, 0.15) is 54.5 Å². The Balaban J connectivity index is 0.00000336. The number of halogens is 2. The van der Waals surface area contributed by atoms with Gasteiger partial charge in [0, 0.05) is 36.8 Å². The van der Waals surface area contributed by atoms with E-state index in [-0.39, 0.29) is 30.2 Å². The van der Waals surface area contributed by atoms with Crippen molar-refractivity contribution in [2.45, 2.75) is 57.9 Å². The summed E-state index contributed by atoms with van der Waals surface area (Å²) in [6.07, 6.45) is 10.9. The number of benzene rings is 2. The lowest BCUT2D eigenvalue weighted by atomic mass is 9.84. The lowest BCUT2D eigenvalue weighted by Crippen LogP contribution is -2.37. The van der Waals surface area contributed by atoms with E-state index in [2.05, 4.69) is 33.6 Å².